The van der Waals surface area contributed by atoms with E-state index in [4.69, 9.17) is 5.26 Å². The molecule has 0 aliphatic rings. The van der Waals surface area contributed by atoms with E-state index in [1.165, 1.54) is 0 Å². The van der Waals surface area contributed by atoms with E-state index in [0.29, 0.717) is 5.56 Å². The molecule has 0 saturated carbocycles. The van der Waals surface area contributed by atoms with Crippen LogP contribution in [-0.2, 0) is 0 Å². The monoisotopic (exact) mass is 195 g/mol. The highest BCUT2D eigenvalue weighted by Gasteiger charge is 1.89. The van der Waals surface area contributed by atoms with Gasteiger partial charge in [-0.1, -0.05) is 43.0 Å². The standard InChI is InChI=1S/C14H13N/c1-3-12(4-2)5-6-13-7-9-14(11-15)10-8-13/h3-10H,1H2,2H3. The number of nitriles is 1. The van der Waals surface area contributed by atoms with Gasteiger partial charge in [-0.3, -0.25) is 0 Å². The van der Waals surface area contributed by atoms with E-state index in [1.54, 1.807) is 6.08 Å². The zero-order valence-corrected chi connectivity index (χ0v) is 8.77. The summed E-state index contributed by atoms with van der Waals surface area (Å²) in [4.78, 5) is 0. The maximum Gasteiger partial charge on any atom is 0.0991 e. The summed E-state index contributed by atoms with van der Waals surface area (Å²) in [6, 6.07) is 9.55. The topological polar surface area (TPSA) is 23.8 Å². The van der Waals surface area contributed by atoms with Crippen LogP contribution >= 0.6 is 0 Å². The van der Waals surface area contributed by atoms with Gasteiger partial charge in [0.2, 0.25) is 0 Å². The Morgan fingerprint density at radius 1 is 1.33 bits per heavy atom. The molecule has 1 aromatic rings. The number of hydrogen-bond acceptors (Lipinski definition) is 1. The number of nitrogens with zero attached hydrogens (tertiary/aromatic N) is 1. The van der Waals surface area contributed by atoms with Crippen LogP contribution in [0.2, 0.25) is 0 Å². The molecule has 0 saturated heterocycles. The summed E-state index contributed by atoms with van der Waals surface area (Å²) in [5, 5.41) is 8.63. The van der Waals surface area contributed by atoms with Gasteiger partial charge in [0.05, 0.1) is 11.6 Å². The maximum atomic E-state index is 8.63. The first kappa shape index (κ1) is 11.0. The van der Waals surface area contributed by atoms with Crippen molar-refractivity contribution in [1.29, 1.82) is 5.26 Å². The number of benzene rings is 1. The maximum absolute atomic E-state index is 8.63. The molecule has 1 rings (SSSR count). The van der Waals surface area contributed by atoms with Gasteiger partial charge in [-0.2, -0.15) is 5.26 Å². The molecule has 74 valence electrons. The Kier molecular flexibility index (Phi) is 4.12. The van der Waals surface area contributed by atoms with Gasteiger partial charge < -0.3 is 0 Å². The van der Waals surface area contributed by atoms with Crippen molar-refractivity contribution in [3.8, 4) is 6.07 Å². The summed E-state index contributed by atoms with van der Waals surface area (Å²) < 4.78 is 0. The highest BCUT2D eigenvalue weighted by atomic mass is 14.2. The third-order valence-corrected chi connectivity index (χ3v) is 2.08. The number of hydrogen-bond donors (Lipinski definition) is 0. The van der Waals surface area contributed by atoms with Crippen LogP contribution in [0, 0.1) is 11.3 Å². The molecule has 1 heteroatoms. The third-order valence-electron chi connectivity index (χ3n) is 2.08. The fourth-order valence-corrected chi connectivity index (χ4v) is 1.14. The van der Waals surface area contributed by atoms with Crippen molar-refractivity contribution < 1.29 is 0 Å². The highest BCUT2D eigenvalue weighted by molar-refractivity contribution is 5.55. The van der Waals surface area contributed by atoms with Gasteiger partial charge in [-0.25, -0.2) is 0 Å². The average Bonchev–Trinajstić information content (AvgIpc) is 2.31. The van der Waals surface area contributed by atoms with Gasteiger partial charge in [-0.05, 0) is 30.2 Å². The van der Waals surface area contributed by atoms with Gasteiger partial charge in [0.15, 0.2) is 0 Å². The summed E-state index contributed by atoms with van der Waals surface area (Å²) in [6.07, 6.45) is 7.79. The smallest absolute Gasteiger partial charge is 0.0991 e. The van der Waals surface area contributed by atoms with Crippen LogP contribution in [0.5, 0.6) is 0 Å². The van der Waals surface area contributed by atoms with Crippen LogP contribution in [-0.4, -0.2) is 0 Å². The molecule has 1 nitrogen and oxygen atoms in total. The van der Waals surface area contributed by atoms with E-state index >= 15 is 0 Å². The summed E-state index contributed by atoms with van der Waals surface area (Å²) in [5.41, 5.74) is 2.84. The molecule has 0 fully saturated rings. The Hall–Kier alpha value is -2.07. The number of allylic oxidation sites excluding steroid dienone is 4. The van der Waals surface area contributed by atoms with Crippen molar-refractivity contribution >= 4 is 6.08 Å². The van der Waals surface area contributed by atoms with Crippen LogP contribution in [0.3, 0.4) is 0 Å². The van der Waals surface area contributed by atoms with Gasteiger partial charge in [0, 0.05) is 0 Å². The summed E-state index contributed by atoms with van der Waals surface area (Å²) in [5.74, 6) is 0. The molecule has 15 heavy (non-hydrogen) atoms. The predicted molar refractivity (Wildman–Crippen MR) is 64.1 cm³/mol. The minimum Gasteiger partial charge on any atom is -0.192 e. The lowest BCUT2D eigenvalue weighted by atomic mass is 10.1. The summed E-state index contributed by atoms with van der Waals surface area (Å²) in [6.45, 7) is 5.68. The fourth-order valence-electron chi connectivity index (χ4n) is 1.14. The molecule has 0 radical (unpaired) electrons. The van der Waals surface area contributed by atoms with E-state index in [-0.39, 0.29) is 0 Å². The van der Waals surface area contributed by atoms with Gasteiger partial charge in [0.25, 0.3) is 0 Å². The van der Waals surface area contributed by atoms with E-state index in [1.807, 2.05) is 49.4 Å². The van der Waals surface area contributed by atoms with Crippen LogP contribution in [0.1, 0.15) is 18.1 Å². The minimum absolute atomic E-state index is 0.683. The molecule has 0 aromatic heterocycles. The first-order chi connectivity index (χ1) is 7.30. The van der Waals surface area contributed by atoms with Gasteiger partial charge in [-0.15, -0.1) is 0 Å². The van der Waals surface area contributed by atoms with E-state index in [0.717, 1.165) is 11.1 Å². The zero-order valence-electron chi connectivity index (χ0n) is 8.77. The highest BCUT2D eigenvalue weighted by Crippen LogP contribution is 2.07. The quantitative estimate of drug-likeness (QED) is 0.674. The normalized spacial score (nSPS) is 11.3. The lowest BCUT2D eigenvalue weighted by Gasteiger charge is -1.94. The fraction of sp³-hybridized carbons (Fsp3) is 0.0714. The Labute approximate surface area is 90.7 Å². The lowest BCUT2D eigenvalue weighted by Crippen LogP contribution is -1.75. The largest absolute Gasteiger partial charge is 0.192 e. The first-order valence-corrected chi connectivity index (χ1v) is 4.77. The van der Waals surface area contributed by atoms with Crippen molar-refractivity contribution in [3.05, 3.63) is 65.8 Å². The summed E-state index contributed by atoms with van der Waals surface area (Å²) >= 11 is 0. The molecule has 0 atom stereocenters. The van der Waals surface area contributed by atoms with Crippen LogP contribution in [0.4, 0.5) is 0 Å². The van der Waals surface area contributed by atoms with E-state index < -0.39 is 0 Å². The molecule has 0 bridgehead atoms. The van der Waals surface area contributed by atoms with E-state index in [2.05, 4.69) is 12.6 Å². The molecule has 0 unspecified atom stereocenters. The Bertz CT molecular complexity index is 427. The second-order valence-electron chi connectivity index (χ2n) is 3.06. The van der Waals surface area contributed by atoms with Crippen molar-refractivity contribution in [2.24, 2.45) is 0 Å². The molecule has 0 amide bonds. The van der Waals surface area contributed by atoms with Crippen molar-refractivity contribution in [2.75, 3.05) is 0 Å². The molecule has 0 aliphatic carbocycles. The average molecular weight is 195 g/mol. The molecule has 0 spiro atoms. The molecular weight excluding hydrogens is 182 g/mol. The molecule has 0 heterocycles. The molecule has 0 aliphatic heterocycles. The number of rotatable bonds is 3. The Morgan fingerprint density at radius 2 is 2.00 bits per heavy atom. The van der Waals surface area contributed by atoms with Crippen LogP contribution in [0.15, 0.2) is 54.6 Å². The van der Waals surface area contributed by atoms with Crippen LogP contribution < -0.4 is 0 Å². The van der Waals surface area contributed by atoms with Crippen LogP contribution in [0.25, 0.3) is 6.08 Å². The first-order valence-electron chi connectivity index (χ1n) is 4.77. The van der Waals surface area contributed by atoms with Crippen molar-refractivity contribution in [1.82, 2.24) is 0 Å². The van der Waals surface area contributed by atoms with Crippen molar-refractivity contribution in [2.45, 2.75) is 6.92 Å². The lowest BCUT2D eigenvalue weighted by molar-refractivity contribution is 1.48. The molecule has 0 N–H and O–H groups in total. The molecule has 1 aromatic carbocycles. The van der Waals surface area contributed by atoms with Gasteiger partial charge >= 0.3 is 0 Å². The Balaban J connectivity index is 2.82. The second-order valence-corrected chi connectivity index (χ2v) is 3.06. The Morgan fingerprint density at radius 3 is 2.47 bits per heavy atom. The third kappa shape index (κ3) is 3.28. The SMILES string of the molecule is C=CC(C=Cc1ccc(C#N)cc1)=CC. The van der Waals surface area contributed by atoms with Gasteiger partial charge in [0.1, 0.15) is 0 Å². The summed E-state index contributed by atoms with van der Waals surface area (Å²) in [7, 11) is 0. The molecular formula is C14H13N. The van der Waals surface area contributed by atoms with Crippen molar-refractivity contribution in [3.63, 3.8) is 0 Å². The van der Waals surface area contributed by atoms with E-state index in [9.17, 15) is 0 Å². The zero-order chi connectivity index (χ0) is 11.1. The predicted octanol–water partition coefficient (Wildman–Crippen LogP) is 3.70. The minimum atomic E-state index is 0.683. The second kappa shape index (κ2) is 5.62.